The van der Waals surface area contributed by atoms with Gasteiger partial charge in [0.15, 0.2) is 0 Å². The first-order valence-electron chi connectivity index (χ1n) is 13.2. The van der Waals surface area contributed by atoms with Crippen molar-refractivity contribution in [3.05, 3.63) is 54.0 Å². The molecule has 1 atom stereocenters. The zero-order chi connectivity index (χ0) is 29.3. The molecule has 216 valence electrons. The average Bonchev–Trinajstić information content (AvgIpc) is 2.92. The Balaban J connectivity index is 1.90. The summed E-state index contributed by atoms with van der Waals surface area (Å²) in [6, 6.07) is 5.47. The molecule has 1 unspecified atom stereocenters. The number of carbonyl (C=O) groups excluding carboxylic acids is 2. The fourth-order valence-electron chi connectivity index (χ4n) is 3.33. The molecular formula is C29H40FN7O3. The standard InChI is InChI=1S/C29H40FN7O3/c1-22(37(4)26(38)15-10-18-36(2)3)28(39)32-16-8-6-7-12-23-21-33-29(34-25-14-9-13-24(30)20-25)35-27(23)31-17-11-19-40-5/h9-10,13-15,20-22H,6,8,11,16-19H2,1-5H3,(H,32,39)(H2,31,33,34,35)/b15-10+. The minimum atomic E-state index is -0.592. The average molecular weight is 554 g/mol. The van der Waals surface area contributed by atoms with Crippen molar-refractivity contribution in [2.24, 2.45) is 0 Å². The summed E-state index contributed by atoms with van der Waals surface area (Å²) in [4.78, 5) is 36.9. The predicted octanol–water partition coefficient (Wildman–Crippen LogP) is 3.02. The maximum Gasteiger partial charge on any atom is 0.246 e. The van der Waals surface area contributed by atoms with Crippen LogP contribution in [0.15, 0.2) is 42.6 Å². The van der Waals surface area contributed by atoms with E-state index in [1.807, 2.05) is 19.0 Å². The number of amides is 2. The van der Waals surface area contributed by atoms with Gasteiger partial charge in [0, 0.05) is 58.6 Å². The Kier molecular flexibility index (Phi) is 14.1. The number of hydrogen-bond acceptors (Lipinski definition) is 8. The van der Waals surface area contributed by atoms with Crippen LogP contribution in [0.1, 0.15) is 31.7 Å². The first-order chi connectivity index (χ1) is 19.2. The molecule has 0 bridgehead atoms. The third-order valence-electron chi connectivity index (χ3n) is 5.73. The second-order valence-electron chi connectivity index (χ2n) is 9.35. The van der Waals surface area contributed by atoms with Gasteiger partial charge in [-0.25, -0.2) is 9.37 Å². The minimum absolute atomic E-state index is 0.220. The number of carbonyl (C=O) groups is 2. The molecule has 1 heterocycles. The molecule has 40 heavy (non-hydrogen) atoms. The van der Waals surface area contributed by atoms with Crippen LogP contribution in [0, 0.1) is 17.7 Å². The molecular weight excluding hydrogens is 513 g/mol. The molecule has 0 aliphatic rings. The highest BCUT2D eigenvalue weighted by Gasteiger charge is 2.20. The summed E-state index contributed by atoms with van der Waals surface area (Å²) in [5, 5.41) is 9.12. The fourth-order valence-corrected chi connectivity index (χ4v) is 3.33. The van der Waals surface area contributed by atoms with Crippen LogP contribution < -0.4 is 16.0 Å². The Bertz CT molecular complexity index is 1190. The van der Waals surface area contributed by atoms with E-state index in [0.717, 1.165) is 6.42 Å². The lowest BCUT2D eigenvalue weighted by Gasteiger charge is -2.23. The Morgan fingerprint density at radius 2 is 2.00 bits per heavy atom. The lowest BCUT2D eigenvalue weighted by Crippen LogP contribution is -2.45. The molecule has 2 aromatic rings. The van der Waals surface area contributed by atoms with Crippen molar-refractivity contribution in [2.45, 2.75) is 32.2 Å². The zero-order valence-electron chi connectivity index (χ0n) is 24.0. The highest BCUT2D eigenvalue weighted by atomic mass is 19.1. The van der Waals surface area contributed by atoms with Gasteiger partial charge in [0.1, 0.15) is 17.7 Å². The van der Waals surface area contributed by atoms with E-state index in [1.165, 1.54) is 23.1 Å². The first kappa shape index (κ1) is 32.2. The number of nitrogens with zero attached hydrogens (tertiary/aromatic N) is 4. The second kappa shape index (κ2) is 17.6. The number of benzene rings is 1. The molecule has 0 saturated heterocycles. The molecule has 0 radical (unpaired) electrons. The summed E-state index contributed by atoms with van der Waals surface area (Å²) in [5.41, 5.74) is 1.17. The third-order valence-corrected chi connectivity index (χ3v) is 5.73. The smallest absolute Gasteiger partial charge is 0.246 e. The Hall–Kier alpha value is -4.01. The van der Waals surface area contributed by atoms with Gasteiger partial charge in [0.05, 0.1) is 11.8 Å². The minimum Gasteiger partial charge on any atom is -0.385 e. The number of methoxy groups -OCH3 is 1. The number of hydrogen-bond donors (Lipinski definition) is 3. The number of nitrogens with one attached hydrogen (secondary N) is 3. The molecule has 0 aliphatic heterocycles. The number of anilines is 3. The van der Waals surface area contributed by atoms with Crippen molar-refractivity contribution in [3.8, 4) is 11.8 Å². The monoisotopic (exact) mass is 553 g/mol. The van der Waals surface area contributed by atoms with Gasteiger partial charge in [-0.05, 0) is 52.1 Å². The summed E-state index contributed by atoms with van der Waals surface area (Å²) in [6.45, 7) is 4.02. The predicted molar refractivity (Wildman–Crippen MR) is 156 cm³/mol. The molecule has 1 aromatic heterocycles. The third kappa shape index (κ3) is 11.8. The number of unbranched alkanes of at least 4 members (excludes halogenated alkanes) is 1. The van der Waals surface area contributed by atoms with E-state index in [2.05, 4.69) is 37.8 Å². The van der Waals surface area contributed by atoms with Gasteiger partial charge < -0.3 is 30.5 Å². The van der Waals surface area contributed by atoms with Crippen molar-refractivity contribution in [2.75, 3.05) is 65.1 Å². The van der Waals surface area contributed by atoms with Crippen molar-refractivity contribution in [1.29, 1.82) is 0 Å². The Morgan fingerprint density at radius 1 is 1.20 bits per heavy atom. The number of rotatable bonds is 15. The summed E-state index contributed by atoms with van der Waals surface area (Å²) in [5.74, 6) is 6.28. The zero-order valence-corrected chi connectivity index (χ0v) is 24.0. The number of ether oxygens (including phenoxy) is 1. The molecule has 3 N–H and O–H groups in total. The largest absolute Gasteiger partial charge is 0.385 e. The van der Waals surface area contributed by atoms with E-state index >= 15 is 0 Å². The molecule has 1 aromatic carbocycles. The van der Waals surface area contributed by atoms with Gasteiger partial charge in [-0.1, -0.05) is 24.0 Å². The van der Waals surface area contributed by atoms with Crippen LogP contribution in [0.3, 0.4) is 0 Å². The van der Waals surface area contributed by atoms with Crippen LogP contribution in [-0.4, -0.2) is 92.1 Å². The van der Waals surface area contributed by atoms with Crippen molar-refractivity contribution >= 4 is 29.3 Å². The Labute approximate surface area is 236 Å². The Morgan fingerprint density at radius 3 is 2.73 bits per heavy atom. The molecule has 11 heteroatoms. The van der Waals surface area contributed by atoms with E-state index in [-0.39, 0.29) is 17.6 Å². The van der Waals surface area contributed by atoms with Gasteiger partial charge in [-0.3, -0.25) is 9.59 Å². The molecule has 0 spiro atoms. The van der Waals surface area contributed by atoms with Gasteiger partial charge in [-0.15, -0.1) is 0 Å². The number of aromatic nitrogens is 2. The second-order valence-corrected chi connectivity index (χ2v) is 9.35. The molecule has 2 amide bonds. The van der Waals surface area contributed by atoms with Crippen molar-refractivity contribution in [1.82, 2.24) is 25.1 Å². The van der Waals surface area contributed by atoms with Crippen molar-refractivity contribution in [3.63, 3.8) is 0 Å². The molecule has 10 nitrogen and oxygen atoms in total. The normalized spacial score (nSPS) is 11.6. The van der Waals surface area contributed by atoms with Crippen LogP contribution in [0.4, 0.5) is 21.8 Å². The van der Waals surface area contributed by atoms with Crippen LogP contribution in [0.25, 0.3) is 0 Å². The summed E-state index contributed by atoms with van der Waals surface area (Å²) < 4.78 is 18.6. The number of halogens is 1. The SMILES string of the molecule is COCCCNc1nc(Nc2cccc(F)c2)ncc1C#CCCCNC(=O)C(C)N(C)C(=O)/C=C/CN(C)C. The maximum absolute atomic E-state index is 13.5. The first-order valence-corrected chi connectivity index (χ1v) is 13.2. The summed E-state index contributed by atoms with van der Waals surface area (Å²) in [6.07, 6.45) is 6.83. The van der Waals surface area contributed by atoms with Gasteiger partial charge in [0.25, 0.3) is 0 Å². The molecule has 2 rings (SSSR count). The summed E-state index contributed by atoms with van der Waals surface area (Å²) in [7, 11) is 7.09. The number of likely N-dealkylation sites (N-methyl/N-ethyl adjacent to an activating group) is 2. The van der Waals surface area contributed by atoms with Crippen LogP contribution in [0.2, 0.25) is 0 Å². The highest BCUT2D eigenvalue weighted by molar-refractivity contribution is 5.92. The van der Waals surface area contributed by atoms with Gasteiger partial charge in [0.2, 0.25) is 17.8 Å². The van der Waals surface area contributed by atoms with Crippen molar-refractivity contribution < 1.29 is 18.7 Å². The topological polar surface area (TPSA) is 112 Å². The maximum atomic E-state index is 13.5. The summed E-state index contributed by atoms with van der Waals surface area (Å²) >= 11 is 0. The van der Waals surface area contributed by atoms with E-state index in [4.69, 9.17) is 4.74 Å². The van der Waals surface area contributed by atoms with E-state index in [9.17, 15) is 14.0 Å². The van der Waals surface area contributed by atoms with Gasteiger partial charge in [-0.2, -0.15) is 4.98 Å². The van der Waals surface area contributed by atoms with Crippen LogP contribution in [-0.2, 0) is 14.3 Å². The van der Waals surface area contributed by atoms with E-state index in [1.54, 1.807) is 45.5 Å². The molecule has 0 aliphatic carbocycles. The van der Waals surface area contributed by atoms with Crippen LogP contribution in [0.5, 0.6) is 0 Å². The lowest BCUT2D eigenvalue weighted by molar-refractivity contribution is -0.135. The van der Waals surface area contributed by atoms with Crippen LogP contribution >= 0.6 is 0 Å². The van der Waals surface area contributed by atoms with E-state index in [0.29, 0.717) is 62.1 Å². The van der Waals surface area contributed by atoms with E-state index < -0.39 is 6.04 Å². The fraction of sp³-hybridized carbons (Fsp3) is 0.448. The lowest BCUT2D eigenvalue weighted by atomic mass is 10.2. The molecule has 0 saturated carbocycles. The quantitative estimate of drug-likeness (QED) is 0.175. The molecule has 0 fully saturated rings. The highest BCUT2D eigenvalue weighted by Crippen LogP contribution is 2.18. The van der Waals surface area contributed by atoms with Gasteiger partial charge >= 0.3 is 0 Å².